The highest BCUT2D eigenvalue weighted by Crippen LogP contribution is 2.01. The van der Waals surface area contributed by atoms with Gasteiger partial charge in [-0.1, -0.05) is 0 Å². The summed E-state index contributed by atoms with van der Waals surface area (Å²) < 4.78 is 9.13. The van der Waals surface area contributed by atoms with E-state index in [1.807, 2.05) is 0 Å². The SMILES string of the molecule is COC(=O)CC[C@@H](NC(=O)C(C)OC)C(=O)O. The average Bonchev–Trinajstić information content (AvgIpc) is 2.31. The largest absolute Gasteiger partial charge is 0.480 e. The van der Waals surface area contributed by atoms with Crippen LogP contribution < -0.4 is 5.32 Å². The Labute approximate surface area is 99.1 Å². The van der Waals surface area contributed by atoms with Gasteiger partial charge in [0.25, 0.3) is 0 Å². The molecule has 0 heterocycles. The Kier molecular flexibility index (Phi) is 6.88. The molecule has 0 aliphatic carbocycles. The summed E-state index contributed by atoms with van der Waals surface area (Å²) in [5, 5.41) is 11.1. The van der Waals surface area contributed by atoms with Crippen LogP contribution in [0.5, 0.6) is 0 Å². The lowest BCUT2D eigenvalue weighted by Crippen LogP contribution is -2.45. The van der Waals surface area contributed by atoms with Gasteiger partial charge in [0.2, 0.25) is 5.91 Å². The Morgan fingerprint density at radius 2 is 1.88 bits per heavy atom. The zero-order chi connectivity index (χ0) is 13.4. The van der Waals surface area contributed by atoms with E-state index in [4.69, 9.17) is 9.84 Å². The Morgan fingerprint density at radius 3 is 2.29 bits per heavy atom. The number of ether oxygens (including phenoxy) is 2. The third-order valence-electron chi connectivity index (χ3n) is 2.20. The van der Waals surface area contributed by atoms with E-state index >= 15 is 0 Å². The molecule has 0 saturated heterocycles. The van der Waals surface area contributed by atoms with Crippen LogP contribution in [0.15, 0.2) is 0 Å². The number of carbonyl (C=O) groups is 3. The van der Waals surface area contributed by atoms with Crippen molar-refractivity contribution < 1.29 is 29.0 Å². The van der Waals surface area contributed by atoms with E-state index in [1.165, 1.54) is 21.1 Å². The van der Waals surface area contributed by atoms with Crippen LogP contribution in [0.4, 0.5) is 0 Å². The first-order valence-corrected chi connectivity index (χ1v) is 5.05. The molecule has 0 aromatic carbocycles. The number of rotatable bonds is 7. The summed E-state index contributed by atoms with van der Waals surface area (Å²) in [6.07, 6.45) is -0.839. The van der Waals surface area contributed by atoms with Crippen LogP contribution in [0.25, 0.3) is 0 Å². The van der Waals surface area contributed by atoms with Gasteiger partial charge in [-0.2, -0.15) is 0 Å². The van der Waals surface area contributed by atoms with E-state index in [0.29, 0.717) is 0 Å². The van der Waals surface area contributed by atoms with Crippen LogP contribution >= 0.6 is 0 Å². The van der Waals surface area contributed by atoms with E-state index in [0.717, 1.165) is 0 Å². The number of nitrogens with one attached hydrogen (secondary N) is 1. The third-order valence-corrected chi connectivity index (χ3v) is 2.20. The van der Waals surface area contributed by atoms with Crippen molar-refractivity contribution in [2.75, 3.05) is 14.2 Å². The topological polar surface area (TPSA) is 102 Å². The maximum absolute atomic E-state index is 11.4. The van der Waals surface area contributed by atoms with Gasteiger partial charge < -0.3 is 19.9 Å². The van der Waals surface area contributed by atoms with Crippen molar-refractivity contribution in [3.63, 3.8) is 0 Å². The standard InChI is InChI=1S/C10H17NO6/c1-6(16-2)9(13)11-7(10(14)15)4-5-8(12)17-3/h6-7H,4-5H2,1-3H3,(H,11,13)(H,14,15)/t6?,7-/m1/s1. The monoisotopic (exact) mass is 247 g/mol. The van der Waals surface area contributed by atoms with Crippen LogP contribution in [-0.2, 0) is 23.9 Å². The number of carboxylic acids is 1. The maximum atomic E-state index is 11.4. The van der Waals surface area contributed by atoms with Gasteiger partial charge in [0.05, 0.1) is 7.11 Å². The van der Waals surface area contributed by atoms with Crippen LogP contribution in [0.1, 0.15) is 19.8 Å². The van der Waals surface area contributed by atoms with E-state index < -0.39 is 30.0 Å². The van der Waals surface area contributed by atoms with Crippen molar-refractivity contribution in [2.45, 2.75) is 31.9 Å². The van der Waals surface area contributed by atoms with Gasteiger partial charge in [0.1, 0.15) is 12.1 Å². The lowest BCUT2D eigenvalue weighted by atomic mass is 10.1. The molecule has 2 N–H and O–H groups in total. The van der Waals surface area contributed by atoms with E-state index in [1.54, 1.807) is 0 Å². The van der Waals surface area contributed by atoms with Crippen LogP contribution in [0, 0.1) is 0 Å². The van der Waals surface area contributed by atoms with E-state index in [9.17, 15) is 14.4 Å². The molecule has 1 amide bonds. The van der Waals surface area contributed by atoms with E-state index in [2.05, 4.69) is 10.1 Å². The molecule has 1 unspecified atom stereocenters. The average molecular weight is 247 g/mol. The first-order valence-electron chi connectivity index (χ1n) is 5.05. The fraction of sp³-hybridized carbons (Fsp3) is 0.700. The summed E-state index contributed by atoms with van der Waals surface area (Å²) in [7, 11) is 2.55. The number of aliphatic carboxylic acids is 1. The Balaban J connectivity index is 4.30. The molecule has 0 aliphatic rings. The zero-order valence-corrected chi connectivity index (χ0v) is 10.1. The highest BCUT2D eigenvalue weighted by atomic mass is 16.5. The quantitative estimate of drug-likeness (QED) is 0.590. The summed E-state index contributed by atoms with van der Waals surface area (Å²) >= 11 is 0. The molecule has 0 aromatic heterocycles. The third kappa shape index (κ3) is 5.86. The molecule has 0 bridgehead atoms. The molecular weight excluding hydrogens is 230 g/mol. The van der Waals surface area contributed by atoms with E-state index in [-0.39, 0.29) is 12.8 Å². The molecule has 2 atom stereocenters. The number of carbonyl (C=O) groups excluding carboxylic acids is 2. The summed E-state index contributed by atoms with van der Waals surface area (Å²) in [6, 6.07) is -1.13. The van der Waals surface area contributed by atoms with Gasteiger partial charge in [0.15, 0.2) is 0 Å². The highest BCUT2D eigenvalue weighted by molar-refractivity contribution is 5.86. The van der Waals surface area contributed by atoms with Crippen LogP contribution in [0.2, 0.25) is 0 Å². The molecule has 0 fully saturated rings. The van der Waals surface area contributed by atoms with Crippen molar-refractivity contribution in [2.24, 2.45) is 0 Å². The number of amides is 1. The van der Waals surface area contributed by atoms with Gasteiger partial charge in [-0.15, -0.1) is 0 Å². The Bertz CT molecular complexity index is 291. The second kappa shape index (κ2) is 7.61. The normalized spacial score (nSPS) is 13.6. The van der Waals surface area contributed by atoms with Gasteiger partial charge in [-0.05, 0) is 13.3 Å². The minimum Gasteiger partial charge on any atom is -0.480 e. The zero-order valence-electron chi connectivity index (χ0n) is 10.1. The number of methoxy groups -OCH3 is 2. The lowest BCUT2D eigenvalue weighted by Gasteiger charge is -2.16. The Morgan fingerprint density at radius 1 is 1.29 bits per heavy atom. The fourth-order valence-electron chi connectivity index (χ4n) is 1.02. The number of carboxylic acid groups (broad SMARTS) is 1. The maximum Gasteiger partial charge on any atom is 0.326 e. The van der Waals surface area contributed by atoms with Gasteiger partial charge in [-0.3, -0.25) is 9.59 Å². The second-order valence-corrected chi connectivity index (χ2v) is 3.39. The molecule has 0 rings (SSSR count). The lowest BCUT2D eigenvalue weighted by molar-refractivity contribution is -0.145. The second-order valence-electron chi connectivity index (χ2n) is 3.39. The summed E-state index contributed by atoms with van der Waals surface area (Å²) in [5.41, 5.74) is 0. The Hall–Kier alpha value is -1.63. The van der Waals surface area contributed by atoms with Crippen molar-refractivity contribution in [3.8, 4) is 0 Å². The fourth-order valence-corrected chi connectivity index (χ4v) is 1.02. The molecular formula is C10H17NO6. The minimum atomic E-state index is -1.20. The molecule has 0 radical (unpaired) electrons. The molecule has 0 saturated carbocycles. The van der Waals surface area contributed by atoms with Gasteiger partial charge in [-0.25, -0.2) is 4.79 Å². The van der Waals surface area contributed by atoms with Gasteiger partial charge >= 0.3 is 11.9 Å². The summed E-state index contributed by atoms with van der Waals surface area (Å²) in [4.78, 5) is 33.1. The van der Waals surface area contributed by atoms with Gasteiger partial charge in [0, 0.05) is 13.5 Å². The summed E-state index contributed by atoms with van der Waals surface area (Å²) in [5.74, 6) is -2.26. The predicted molar refractivity (Wildman–Crippen MR) is 57.3 cm³/mol. The molecule has 0 aromatic rings. The summed E-state index contributed by atoms with van der Waals surface area (Å²) in [6.45, 7) is 1.49. The first-order chi connectivity index (χ1) is 7.92. The molecule has 7 heteroatoms. The van der Waals surface area contributed by atoms with Crippen molar-refractivity contribution >= 4 is 17.8 Å². The molecule has 0 spiro atoms. The molecule has 0 aliphatic heterocycles. The number of hydrogen-bond donors (Lipinski definition) is 2. The van der Waals surface area contributed by atoms with Crippen LogP contribution in [0.3, 0.4) is 0 Å². The smallest absolute Gasteiger partial charge is 0.326 e. The minimum absolute atomic E-state index is 0.0236. The molecule has 17 heavy (non-hydrogen) atoms. The van der Waals surface area contributed by atoms with Crippen molar-refractivity contribution in [3.05, 3.63) is 0 Å². The molecule has 98 valence electrons. The van der Waals surface area contributed by atoms with Crippen molar-refractivity contribution in [1.29, 1.82) is 0 Å². The number of esters is 1. The van der Waals surface area contributed by atoms with Crippen molar-refractivity contribution in [1.82, 2.24) is 5.32 Å². The molecule has 7 nitrogen and oxygen atoms in total. The highest BCUT2D eigenvalue weighted by Gasteiger charge is 2.23. The first kappa shape index (κ1) is 15.4. The number of hydrogen-bond acceptors (Lipinski definition) is 5. The van der Waals surface area contributed by atoms with Crippen LogP contribution in [-0.4, -0.2) is 49.3 Å². The predicted octanol–water partition coefficient (Wildman–Crippen LogP) is -0.456.